The second-order valence-electron chi connectivity index (χ2n) is 7.41. The normalized spacial score (nSPS) is 39.1. The quantitative estimate of drug-likeness (QED) is 0.847. The van der Waals surface area contributed by atoms with Gasteiger partial charge in [0.1, 0.15) is 0 Å². The Morgan fingerprint density at radius 1 is 1.19 bits per heavy atom. The van der Waals surface area contributed by atoms with Crippen molar-refractivity contribution in [2.75, 3.05) is 26.7 Å². The van der Waals surface area contributed by atoms with E-state index in [4.69, 9.17) is 5.73 Å². The van der Waals surface area contributed by atoms with Crippen molar-refractivity contribution in [3.8, 4) is 0 Å². The largest absolute Gasteiger partial charge is 0.338 e. The summed E-state index contributed by atoms with van der Waals surface area (Å²) in [5, 5.41) is 0. The van der Waals surface area contributed by atoms with Crippen molar-refractivity contribution >= 4 is 5.91 Å². The third-order valence-electron chi connectivity index (χ3n) is 5.66. The summed E-state index contributed by atoms with van der Waals surface area (Å²) in [6, 6.07) is 0.553. The van der Waals surface area contributed by atoms with Crippen LogP contribution in [0.5, 0.6) is 0 Å². The Balaban J connectivity index is 2.09. The van der Waals surface area contributed by atoms with Gasteiger partial charge in [-0.05, 0) is 51.1 Å². The van der Waals surface area contributed by atoms with Crippen LogP contribution in [-0.2, 0) is 4.79 Å². The molecule has 2 N–H and O–H groups in total. The number of rotatable bonds is 2. The highest BCUT2D eigenvalue weighted by molar-refractivity contribution is 5.79. The number of amides is 1. The first kappa shape index (κ1) is 16.8. The number of carbonyl (C=O) groups excluding carboxylic acids is 1. The number of hydrogen-bond acceptors (Lipinski definition) is 3. The molecule has 5 unspecified atom stereocenters. The first-order valence-corrected chi connectivity index (χ1v) is 8.68. The van der Waals surface area contributed by atoms with Gasteiger partial charge in [0.05, 0.1) is 0 Å². The lowest BCUT2D eigenvalue weighted by atomic mass is 9.72. The molecule has 1 saturated heterocycles. The zero-order chi connectivity index (χ0) is 15.6. The van der Waals surface area contributed by atoms with Gasteiger partial charge >= 0.3 is 0 Å². The van der Waals surface area contributed by atoms with Crippen molar-refractivity contribution in [1.29, 1.82) is 0 Å². The molecule has 2 fully saturated rings. The van der Waals surface area contributed by atoms with Gasteiger partial charge in [0.15, 0.2) is 0 Å². The summed E-state index contributed by atoms with van der Waals surface area (Å²) in [6.45, 7) is 9.66. The maximum Gasteiger partial charge on any atom is 0.226 e. The molecule has 4 nitrogen and oxygen atoms in total. The molecular formula is C17H33N3O. The zero-order valence-corrected chi connectivity index (χ0v) is 14.2. The molecule has 5 atom stereocenters. The Kier molecular flexibility index (Phi) is 5.67. The van der Waals surface area contributed by atoms with E-state index >= 15 is 0 Å². The molecule has 1 heterocycles. The summed E-state index contributed by atoms with van der Waals surface area (Å²) in [6.07, 6.45) is 4.08. The molecule has 0 aromatic carbocycles. The van der Waals surface area contributed by atoms with E-state index in [2.05, 4.69) is 37.6 Å². The molecular weight excluding hydrogens is 262 g/mol. The topological polar surface area (TPSA) is 49.6 Å². The van der Waals surface area contributed by atoms with E-state index in [0.29, 0.717) is 23.8 Å². The van der Waals surface area contributed by atoms with E-state index in [1.54, 1.807) is 0 Å². The van der Waals surface area contributed by atoms with Gasteiger partial charge in [0, 0.05) is 31.1 Å². The number of nitrogens with zero attached hydrogens (tertiary/aromatic N) is 2. The maximum absolute atomic E-state index is 13.1. The maximum atomic E-state index is 13.1. The lowest BCUT2D eigenvalue weighted by Crippen LogP contribution is -2.50. The molecule has 0 spiro atoms. The van der Waals surface area contributed by atoms with Crippen LogP contribution in [0.15, 0.2) is 0 Å². The minimum Gasteiger partial charge on any atom is -0.338 e. The van der Waals surface area contributed by atoms with Crippen LogP contribution in [0.2, 0.25) is 0 Å². The van der Waals surface area contributed by atoms with Gasteiger partial charge in [-0.2, -0.15) is 0 Å². The second kappa shape index (κ2) is 7.10. The zero-order valence-electron chi connectivity index (χ0n) is 14.2. The average Bonchev–Trinajstić information content (AvgIpc) is 2.63. The molecule has 21 heavy (non-hydrogen) atoms. The highest BCUT2D eigenvalue weighted by Gasteiger charge is 2.38. The third-order valence-corrected chi connectivity index (χ3v) is 5.66. The van der Waals surface area contributed by atoms with Gasteiger partial charge in [0.2, 0.25) is 5.91 Å². The monoisotopic (exact) mass is 295 g/mol. The fraction of sp³-hybridized carbons (Fsp3) is 0.941. The Hall–Kier alpha value is -0.610. The van der Waals surface area contributed by atoms with Gasteiger partial charge in [0.25, 0.3) is 0 Å². The first-order valence-electron chi connectivity index (χ1n) is 8.68. The summed E-state index contributed by atoms with van der Waals surface area (Å²) in [5.74, 6) is 1.51. The fourth-order valence-electron chi connectivity index (χ4n) is 4.12. The van der Waals surface area contributed by atoms with Gasteiger partial charge in [-0.3, -0.25) is 4.79 Å². The minimum atomic E-state index is 0.133. The minimum absolute atomic E-state index is 0.133. The summed E-state index contributed by atoms with van der Waals surface area (Å²) in [5.41, 5.74) is 6.24. The van der Waals surface area contributed by atoms with Crippen LogP contribution in [-0.4, -0.2) is 54.5 Å². The molecule has 0 aromatic heterocycles. The summed E-state index contributed by atoms with van der Waals surface area (Å²) in [4.78, 5) is 17.6. The molecule has 0 bridgehead atoms. The SMILES string of the molecule is CCC1CN(C)CCCN1C(=O)C1CC(N)C(C)CC1C. The number of hydrogen-bond donors (Lipinski definition) is 1. The Morgan fingerprint density at radius 2 is 1.90 bits per heavy atom. The Morgan fingerprint density at radius 3 is 2.57 bits per heavy atom. The smallest absolute Gasteiger partial charge is 0.226 e. The van der Waals surface area contributed by atoms with E-state index in [1.165, 1.54) is 0 Å². The van der Waals surface area contributed by atoms with Crippen LogP contribution in [0.3, 0.4) is 0 Å². The predicted molar refractivity (Wildman–Crippen MR) is 86.9 cm³/mol. The van der Waals surface area contributed by atoms with Crippen molar-refractivity contribution in [3.63, 3.8) is 0 Å². The highest BCUT2D eigenvalue weighted by Crippen LogP contribution is 2.34. The van der Waals surface area contributed by atoms with E-state index in [9.17, 15) is 4.79 Å². The molecule has 1 aliphatic carbocycles. The molecule has 0 aromatic rings. The molecule has 1 amide bonds. The fourth-order valence-corrected chi connectivity index (χ4v) is 4.12. The second-order valence-corrected chi connectivity index (χ2v) is 7.41. The average molecular weight is 295 g/mol. The first-order chi connectivity index (χ1) is 9.93. The van der Waals surface area contributed by atoms with Gasteiger partial charge in [-0.25, -0.2) is 0 Å². The van der Waals surface area contributed by atoms with Crippen molar-refractivity contribution in [2.45, 2.75) is 58.5 Å². The van der Waals surface area contributed by atoms with E-state index < -0.39 is 0 Å². The summed E-state index contributed by atoms with van der Waals surface area (Å²) < 4.78 is 0. The molecule has 0 radical (unpaired) electrons. The van der Waals surface area contributed by atoms with Crippen molar-refractivity contribution < 1.29 is 4.79 Å². The molecule has 4 heteroatoms. The van der Waals surface area contributed by atoms with Gasteiger partial charge in [-0.15, -0.1) is 0 Å². The number of nitrogens with two attached hydrogens (primary N) is 1. The standard InChI is InChI=1S/C17H33N3O/c1-5-14-11-19(4)7-6-8-20(14)17(21)15-10-16(18)13(3)9-12(15)2/h12-16H,5-11,18H2,1-4H3. The molecule has 2 rings (SSSR count). The molecule has 122 valence electrons. The lowest BCUT2D eigenvalue weighted by Gasteiger charge is -2.40. The Labute approximate surface area is 130 Å². The lowest BCUT2D eigenvalue weighted by molar-refractivity contribution is -0.141. The molecule has 1 saturated carbocycles. The van der Waals surface area contributed by atoms with Crippen LogP contribution >= 0.6 is 0 Å². The van der Waals surface area contributed by atoms with Crippen LogP contribution in [0.25, 0.3) is 0 Å². The van der Waals surface area contributed by atoms with E-state index in [1.807, 2.05) is 0 Å². The van der Waals surface area contributed by atoms with E-state index in [0.717, 1.165) is 45.3 Å². The van der Waals surface area contributed by atoms with Crippen LogP contribution in [0, 0.1) is 17.8 Å². The highest BCUT2D eigenvalue weighted by atomic mass is 16.2. The van der Waals surface area contributed by atoms with Gasteiger partial charge in [-0.1, -0.05) is 20.8 Å². The van der Waals surface area contributed by atoms with E-state index in [-0.39, 0.29) is 12.0 Å². The predicted octanol–water partition coefficient (Wildman–Crippen LogP) is 1.94. The molecule has 2 aliphatic rings. The number of carbonyl (C=O) groups is 1. The van der Waals surface area contributed by atoms with Crippen LogP contribution in [0.4, 0.5) is 0 Å². The molecule has 1 aliphatic heterocycles. The van der Waals surface area contributed by atoms with Crippen molar-refractivity contribution in [2.24, 2.45) is 23.5 Å². The number of likely N-dealkylation sites (N-methyl/N-ethyl adjacent to an activating group) is 1. The van der Waals surface area contributed by atoms with Crippen LogP contribution in [0.1, 0.15) is 46.5 Å². The van der Waals surface area contributed by atoms with Gasteiger partial charge < -0.3 is 15.5 Å². The van der Waals surface area contributed by atoms with Crippen molar-refractivity contribution in [3.05, 3.63) is 0 Å². The summed E-state index contributed by atoms with van der Waals surface area (Å²) in [7, 11) is 2.16. The van der Waals surface area contributed by atoms with Crippen molar-refractivity contribution in [1.82, 2.24) is 9.80 Å². The Bertz CT molecular complexity index is 360. The summed E-state index contributed by atoms with van der Waals surface area (Å²) >= 11 is 0. The van der Waals surface area contributed by atoms with Crippen LogP contribution < -0.4 is 5.73 Å². The third kappa shape index (κ3) is 3.78.